The predicted molar refractivity (Wildman–Crippen MR) is 53.8 cm³/mol. The van der Waals surface area contributed by atoms with Gasteiger partial charge in [0.1, 0.15) is 0 Å². The van der Waals surface area contributed by atoms with Gasteiger partial charge in [-0.1, -0.05) is 0 Å². The van der Waals surface area contributed by atoms with E-state index in [9.17, 15) is 26.4 Å². The van der Waals surface area contributed by atoms with E-state index < -0.39 is 41.1 Å². The molecule has 0 spiro atoms. The van der Waals surface area contributed by atoms with E-state index in [0.717, 1.165) is 5.41 Å². The third-order valence-electron chi connectivity index (χ3n) is 1.89. The molecule has 0 aromatic heterocycles. The highest BCUT2D eigenvalue weighted by Gasteiger charge is 2.27. The number of rotatable bonds is 4. The van der Waals surface area contributed by atoms with E-state index >= 15 is 0 Å². The van der Waals surface area contributed by atoms with Gasteiger partial charge in [0.15, 0.2) is 9.84 Å². The second-order valence-electron chi connectivity index (χ2n) is 3.55. The third kappa shape index (κ3) is 5.68. The standard InChI is InChI=1S/C8H11F3N2O3S/c9-8(10,11)5-12-3-7(14)13-6-1-2-17(15,16)4-6/h1-2,6,12H,3-5H2,(H,13,14). The lowest BCUT2D eigenvalue weighted by atomic mass is 10.3. The molecule has 5 nitrogen and oxygen atoms in total. The average Bonchev–Trinajstić information content (AvgIpc) is 2.42. The third-order valence-corrected chi connectivity index (χ3v) is 3.28. The van der Waals surface area contributed by atoms with Gasteiger partial charge in [-0.3, -0.25) is 4.79 Å². The van der Waals surface area contributed by atoms with Crippen LogP contribution in [0.25, 0.3) is 0 Å². The first-order chi connectivity index (χ1) is 7.68. The molecule has 0 aromatic carbocycles. The Morgan fingerprint density at radius 1 is 1.41 bits per heavy atom. The van der Waals surface area contributed by atoms with Crippen LogP contribution in [0, 0.1) is 0 Å². The summed E-state index contributed by atoms with van der Waals surface area (Å²) in [6.45, 7) is -1.77. The Morgan fingerprint density at radius 3 is 2.53 bits per heavy atom. The first-order valence-electron chi connectivity index (χ1n) is 4.66. The molecular weight excluding hydrogens is 261 g/mol. The molecule has 98 valence electrons. The molecule has 1 aliphatic heterocycles. The first-order valence-corrected chi connectivity index (χ1v) is 6.37. The van der Waals surface area contributed by atoms with Crippen LogP contribution in [-0.4, -0.2) is 45.4 Å². The summed E-state index contributed by atoms with van der Waals surface area (Å²) in [5, 5.41) is 5.17. The largest absolute Gasteiger partial charge is 0.401 e. The van der Waals surface area contributed by atoms with E-state index in [4.69, 9.17) is 0 Å². The van der Waals surface area contributed by atoms with Gasteiger partial charge >= 0.3 is 6.18 Å². The Morgan fingerprint density at radius 2 is 2.06 bits per heavy atom. The topological polar surface area (TPSA) is 75.3 Å². The summed E-state index contributed by atoms with van der Waals surface area (Å²) in [4.78, 5) is 11.1. The molecule has 1 amide bonds. The molecule has 1 aliphatic rings. The molecule has 0 radical (unpaired) electrons. The summed E-state index contributed by atoms with van der Waals surface area (Å²) in [5.41, 5.74) is 0. The van der Waals surface area contributed by atoms with Gasteiger partial charge in [0.05, 0.1) is 24.9 Å². The molecule has 0 aromatic rings. The Hall–Kier alpha value is -1.09. The molecule has 1 atom stereocenters. The second-order valence-corrected chi connectivity index (χ2v) is 5.48. The number of carbonyl (C=O) groups is 1. The van der Waals surface area contributed by atoms with Crippen molar-refractivity contribution >= 4 is 15.7 Å². The minimum atomic E-state index is -4.38. The normalized spacial score (nSPS) is 22.6. The van der Waals surface area contributed by atoms with Crippen molar-refractivity contribution in [3.8, 4) is 0 Å². The minimum Gasteiger partial charge on any atom is -0.348 e. The van der Waals surface area contributed by atoms with Gasteiger partial charge < -0.3 is 10.6 Å². The molecule has 1 rings (SSSR count). The molecule has 0 bridgehead atoms. The van der Waals surface area contributed by atoms with Crippen molar-refractivity contribution in [1.82, 2.24) is 10.6 Å². The molecule has 0 fully saturated rings. The average molecular weight is 272 g/mol. The summed E-state index contributed by atoms with van der Waals surface area (Å²) in [6, 6.07) is -0.666. The van der Waals surface area contributed by atoms with Crippen LogP contribution in [0.4, 0.5) is 13.2 Å². The van der Waals surface area contributed by atoms with Gasteiger partial charge in [0, 0.05) is 5.41 Å². The summed E-state index contributed by atoms with van der Waals surface area (Å²) in [5.74, 6) is -0.932. The van der Waals surface area contributed by atoms with Crippen molar-refractivity contribution in [2.24, 2.45) is 0 Å². The predicted octanol–water partition coefficient (Wildman–Crippen LogP) is -0.435. The van der Waals surface area contributed by atoms with Gasteiger partial charge in [-0.05, 0) is 6.08 Å². The van der Waals surface area contributed by atoms with Crippen molar-refractivity contribution in [3.63, 3.8) is 0 Å². The van der Waals surface area contributed by atoms with Crippen molar-refractivity contribution in [3.05, 3.63) is 11.5 Å². The molecule has 0 saturated carbocycles. The maximum absolute atomic E-state index is 11.7. The minimum absolute atomic E-state index is 0.252. The Labute approximate surface area is 96.0 Å². The highest BCUT2D eigenvalue weighted by atomic mass is 32.2. The van der Waals surface area contributed by atoms with Crippen LogP contribution < -0.4 is 10.6 Å². The molecule has 1 heterocycles. The quantitative estimate of drug-likeness (QED) is 0.728. The molecule has 2 N–H and O–H groups in total. The van der Waals surface area contributed by atoms with Gasteiger partial charge in [0.25, 0.3) is 0 Å². The molecule has 1 unspecified atom stereocenters. The molecule has 17 heavy (non-hydrogen) atoms. The van der Waals surface area contributed by atoms with Crippen LogP contribution in [0.5, 0.6) is 0 Å². The maximum Gasteiger partial charge on any atom is 0.401 e. The van der Waals surface area contributed by atoms with E-state index in [0.29, 0.717) is 0 Å². The van der Waals surface area contributed by atoms with Crippen LogP contribution in [0.2, 0.25) is 0 Å². The van der Waals surface area contributed by atoms with Crippen LogP contribution in [0.15, 0.2) is 11.5 Å². The maximum atomic E-state index is 11.7. The summed E-state index contributed by atoms with van der Waals surface area (Å²) >= 11 is 0. The van der Waals surface area contributed by atoms with Gasteiger partial charge in [0.2, 0.25) is 5.91 Å². The number of halogens is 3. The van der Waals surface area contributed by atoms with E-state index in [-0.39, 0.29) is 5.75 Å². The number of amides is 1. The number of hydrogen-bond donors (Lipinski definition) is 2. The van der Waals surface area contributed by atoms with Crippen molar-refractivity contribution in [2.75, 3.05) is 18.8 Å². The van der Waals surface area contributed by atoms with Crippen LogP contribution in [0.1, 0.15) is 0 Å². The van der Waals surface area contributed by atoms with E-state index in [1.54, 1.807) is 0 Å². The van der Waals surface area contributed by atoms with E-state index in [1.165, 1.54) is 6.08 Å². The number of hydrogen-bond acceptors (Lipinski definition) is 4. The van der Waals surface area contributed by atoms with E-state index in [1.807, 2.05) is 5.32 Å². The Bertz CT molecular complexity index is 416. The Kier molecular flexibility index (Phi) is 4.15. The van der Waals surface area contributed by atoms with Crippen LogP contribution >= 0.6 is 0 Å². The summed E-state index contributed by atoms with van der Waals surface area (Å²) in [7, 11) is -3.28. The first kappa shape index (κ1) is 14.0. The number of carbonyl (C=O) groups excluding carboxylic acids is 1. The fraction of sp³-hybridized carbons (Fsp3) is 0.625. The van der Waals surface area contributed by atoms with Crippen LogP contribution in [-0.2, 0) is 14.6 Å². The van der Waals surface area contributed by atoms with Crippen molar-refractivity contribution in [1.29, 1.82) is 0 Å². The SMILES string of the molecule is O=C(CNCC(F)(F)F)NC1C=CS(=O)(=O)C1. The zero-order valence-corrected chi connectivity index (χ0v) is 9.44. The van der Waals surface area contributed by atoms with Crippen LogP contribution in [0.3, 0.4) is 0 Å². The highest BCUT2D eigenvalue weighted by molar-refractivity contribution is 7.94. The molecule has 9 heteroatoms. The zero-order valence-electron chi connectivity index (χ0n) is 8.62. The van der Waals surface area contributed by atoms with Crippen molar-refractivity contribution < 1.29 is 26.4 Å². The van der Waals surface area contributed by atoms with Gasteiger partial charge in [-0.25, -0.2) is 8.42 Å². The summed E-state index contributed by atoms with van der Waals surface area (Å²) in [6.07, 6.45) is -3.09. The lowest BCUT2D eigenvalue weighted by Crippen LogP contribution is -2.42. The zero-order chi connectivity index (χ0) is 13.1. The number of sulfone groups is 1. The monoisotopic (exact) mass is 272 g/mol. The lowest BCUT2D eigenvalue weighted by Gasteiger charge is -2.11. The second kappa shape index (κ2) is 5.05. The molecule has 0 saturated heterocycles. The smallest absolute Gasteiger partial charge is 0.348 e. The van der Waals surface area contributed by atoms with Gasteiger partial charge in [-0.2, -0.15) is 13.2 Å². The highest BCUT2D eigenvalue weighted by Crippen LogP contribution is 2.12. The Balaban J connectivity index is 2.25. The van der Waals surface area contributed by atoms with E-state index in [2.05, 4.69) is 5.32 Å². The fourth-order valence-electron chi connectivity index (χ4n) is 1.24. The fourth-order valence-corrected chi connectivity index (χ4v) is 2.48. The lowest BCUT2D eigenvalue weighted by molar-refractivity contribution is -0.128. The molecular formula is C8H11F3N2O3S. The summed E-state index contributed by atoms with van der Waals surface area (Å²) < 4.78 is 57.1. The van der Waals surface area contributed by atoms with Gasteiger partial charge in [-0.15, -0.1) is 0 Å². The van der Waals surface area contributed by atoms with Crippen molar-refractivity contribution in [2.45, 2.75) is 12.2 Å². The number of nitrogens with one attached hydrogen (secondary N) is 2. The number of alkyl halides is 3. The molecule has 0 aliphatic carbocycles.